The molecule has 0 unspecified atom stereocenters. The van der Waals surface area contributed by atoms with Crippen LogP contribution < -0.4 is 0 Å². The van der Waals surface area contributed by atoms with Gasteiger partial charge in [0.2, 0.25) is 0 Å². The molecule has 1 amide bonds. The second-order valence-electron chi connectivity index (χ2n) is 6.28. The molecule has 2 aliphatic heterocycles. The summed E-state index contributed by atoms with van der Waals surface area (Å²) in [7, 11) is 0. The molecule has 0 bridgehead atoms. The van der Waals surface area contributed by atoms with Gasteiger partial charge in [-0.1, -0.05) is 6.92 Å². The molecule has 0 saturated carbocycles. The van der Waals surface area contributed by atoms with Gasteiger partial charge in [0.25, 0.3) is 5.91 Å². The Labute approximate surface area is 131 Å². The second kappa shape index (κ2) is 7.24. The number of ether oxygens (including phenoxy) is 1. The van der Waals surface area contributed by atoms with Crippen molar-refractivity contribution in [2.45, 2.75) is 26.2 Å². The normalized spacial score (nSPS) is 21.2. The first-order chi connectivity index (χ1) is 10.8. The largest absolute Gasteiger partial charge is 0.379 e. The summed E-state index contributed by atoms with van der Waals surface area (Å²) in [6.45, 7) is 8.71. The number of amides is 1. The molecule has 122 valence electrons. The SMILES string of the molecule is CCc1cc(C(=O)N2CCC(CN3CCOCC3)CC2)n[nH]1. The molecule has 1 aromatic heterocycles. The van der Waals surface area contributed by atoms with E-state index in [9.17, 15) is 4.79 Å². The highest BCUT2D eigenvalue weighted by atomic mass is 16.5. The van der Waals surface area contributed by atoms with Gasteiger partial charge in [0.05, 0.1) is 13.2 Å². The molecule has 3 rings (SSSR count). The quantitative estimate of drug-likeness (QED) is 0.907. The Balaban J connectivity index is 1.47. The van der Waals surface area contributed by atoms with Crippen LogP contribution in [0, 0.1) is 5.92 Å². The van der Waals surface area contributed by atoms with Crippen LogP contribution in [0.5, 0.6) is 0 Å². The fourth-order valence-electron chi connectivity index (χ4n) is 3.28. The van der Waals surface area contributed by atoms with Crippen molar-refractivity contribution in [2.75, 3.05) is 45.9 Å². The minimum Gasteiger partial charge on any atom is -0.379 e. The van der Waals surface area contributed by atoms with Crippen molar-refractivity contribution in [1.29, 1.82) is 0 Å². The number of aryl methyl sites for hydroxylation is 1. The van der Waals surface area contributed by atoms with Gasteiger partial charge in [0.1, 0.15) is 5.69 Å². The molecule has 0 radical (unpaired) electrons. The number of aromatic amines is 1. The number of rotatable bonds is 4. The minimum atomic E-state index is 0.0702. The van der Waals surface area contributed by atoms with Crippen LogP contribution in [0.1, 0.15) is 35.9 Å². The molecule has 0 aromatic carbocycles. The van der Waals surface area contributed by atoms with Crippen LogP contribution in [0.4, 0.5) is 0 Å². The first kappa shape index (κ1) is 15.5. The van der Waals surface area contributed by atoms with Crippen LogP contribution in [-0.2, 0) is 11.2 Å². The van der Waals surface area contributed by atoms with Crippen molar-refractivity contribution in [3.05, 3.63) is 17.5 Å². The van der Waals surface area contributed by atoms with Gasteiger partial charge < -0.3 is 9.64 Å². The maximum atomic E-state index is 12.4. The van der Waals surface area contributed by atoms with E-state index < -0.39 is 0 Å². The number of carbonyl (C=O) groups excluding carboxylic acids is 1. The third-order valence-electron chi connectivity index (χ3n) is 4.75. The zero-order chi connectivity index (χ0) is 15.4. The number of likely N-dealkylation sites (tertiary alicyclic amines) is 1. The van der Waals surface area contributed by atoms with E-state index in [4.69, 9.17) is 4.74 Å². The molecule has 0 atom stereocenters. The van der Waals surface area contributed by atoms with Gasteiger partial charge in [0, 0.05) is 38.4 Å². The molecular formula is C16H26N4O2. The van der Waals surface area contributed by atoms with Gasteiger partial charge in [-0.05, 0) is 31.2 Å². The van der Waals surface area contributed by atoms with Crippen molar-refractivity contribution < 1.29 is 9.53 Å². The van der Waals surface area contributed by atoms with Crippen LogP contribution in [0.3, 0.4) is 0 Å². The average Bonchev–Trinajstić information content (AvgIpc) is 3.05. The summed E-state index contributed by atoms with van der Waals surface area (Å²) >= 11 is 0. The van der Waals surface area contributed by atoms with E-state index in [2.05, 4.69) is 22.0 Å². The molecule has 2 fully saturated rings. The number of hydrogen-bond donors (Lipinski definition) is 1. The van der Waals surface area contributed by atoms with Crippen LogP contribution in [0.2, 0.25) is 0 Å². The Hall–Kier alpha value is -1.40. The first-order valence-electron chi connectivity index (χ1n) is 8.40. The highest BCUT2D eigenvalue weighted by Crippen LogP contribution is 2.20. The number of hydrogen-bond acceptors (Lipinski definition) is 4. The lowest BCUT2D eigenvalue weighted by Crippen LogP contribution is -2.44. The monoisotopic (exact) mass is 306 g/mol. The Morgan fingerprint density at radius 3 is 2.68 bits per heavy atom. The van der Waals surface area contributed by atoms with Gasteiger partial charge >= 0.3 is 0 Å². The fraction of sp³-hybridized carbons (Fsp3) is 0.750. The molecule has 0 aliphatic carbocycles. The summed E-state index contributed by atoms with van der Waals surface area (Å²) in [4.78, 5) is 16.9. The smallest absolute Gasteiger partial charge is 0.274 e. The average molecular weight is 306 g/mol. The zero-order valence-corrected chi connectivity index (χ0v) is 13.4. The maximum Gasteiger partial charge on any atom is 0.274 e. The predicted octanol–water partition coefficient (Wildman–Crippen LogP) is 1.16. The number of H-pyrrole nitrogens is 1. The molecule has 0 spiro atoms. The summed E-state index contributed by atoms with van der Waals surface area (Å²) < 4.78 is 5.39. The van der Waals surface area contributed by atoms with Crippen molar-refractivity contribution >= 4 is 5.91 Å². The van der Waals surface area contributed by atoms with Crippen LogP contribution in [-0.4, -0.2) is 71.8 Å². The molecule has 2 aliphatic rings. The van der Waals surface area contributed by atoms with E-state index in [0.29, 0.717) is 11.6 Å². The van der Waals surface area contributed by atoms with Crippen molar-refractivity contribution in [2.24, 2.45) is 5.92 Å². The van der Waals surface area contributed by atoms with Crippen LogP contribution in [0.15, 0.2) is 6.07 Å². The fourth-order valence-corrected chi connectivity index (χ4v) is 3.28. The Morgan fingerprint density at radius 1 is 1.32 bits per heavy atom. The first-order valence-corrected chi connectivity index (χ1v) is 8.40. The second-order valence-corrected chi connectivity index (χ2v) is 6.28. The number of carbonyl (C=O) groups is 1. The summed E-state index contributed by atoms with van der Waals surface area (Å²) in [5.74, 6) is 0.772. The Kier molecular flexibility index (Phi) is 5.10. The highest BCUT2D eigenvalue weighted by molar-refractivity contribution is 5.92. The standard InChI is InChI=1S/C16H26N4O2/c1-2-14-11-15(18-17-14)16(21)20-5-3-13(4-6-20)12-19-7-9-22-10-8-19/h11,13H,2-10,12H2,1H3,(H,17,18). The lowest BCUT2D eigenvalue weighted by Gasteiger charge is -2.35. The van der Waals surface area contributed by atoms with E-state index in [0.717, 1.165) is 70.9 Å². The Morgan fingerprint density at radius 2 is 2.05 bits per heavy atom. The van der Waals surface area contributed by atoms with Gasteiger partial charge in [-0.25, -0.2) is 0 Å². The molecular weight excluding hydrogens is 280 g/mol. The lowest BCUT2D eigenvalue weighted by molar-refractivity contribution is 0.0242. The summed E-state index contributed by atoms with van der Waals surface area (Å²) in [5, 5.41) is 7.06. The van der Waals surface area contributed by atoms with E-state index in [1.165, 1.54) is 0 Å². The number of nitrogens with zero attached hydrogens (tertiary/aromatic N) is 3. The van der Waals surface area contributed by atoms with Gasteiger partial charge in [-0.2, -0.15) is 5.10 Å². The van der Waals surface area contributed by atoms with Crippen molar-refractivity contribution in [1.82, 2.24) is 20.0 Å². The van der Waals surface area contributed by atoms with E-state index in [-0.39, 0.29) is 5.91 Å². The van der Waals surface area contributed by atoms with E-state index in [1.807, 2.05) is 11.0 Å². The van der Waals surface area contributed by atoms with Crippen LogP contribution in [0.25, 0.3) is 0 Å². The molecule has 6 nitrogen and oxygen atoms in total. The summed E-state index contributed by atoms with van der Waals surface area (Å²) in [6.07, 6.45) is 3.06. The number of piperidine rings is 1. The van der Waals surface area contributed by atoms with E-state index >= 15 is 0 Å². The molecule has 2 saturated heterocycles. The van der Waals surface area contributed by atoms with Gasteiger partial charge in [-0.3, -0.25) is 14.8 Å². The van der Waals surface area contributed by atoms with Gasteiger partial charge in [0.15, 0.2) is 0 Å². The molecule has 1 N–H and O–H groups in total. The number of morpholine rings is 1. The summed E-state index contributed by atoms with van der Waals surface area (Å²) in [6, 6.07) is 1.88. The van der Waals surface area contributed by atoms with E-state index in [1.54, 1.807) is 0 Å². The lowest BCUT2D eigenvalue weighted by atomic mass is 9.96. The molecule has 6 heteroatoms. The summed E-state index contributed by atoms with van der Waals surface area (Å²) in [5.41, 5.74) is 1.58. The Bertz CT molecular complexity index is 488. The third-order valence-corrected chi connectivity index (χ3v) is 4.75. The zero-order valence-electron chi connectivity index (χ0n) is 13.4. The highest BCUT2D eigenvalue weighted by Gasteiger charge is 2.26. The molecule has 22 heavy (non-hydrogen) atoms. The number of aromatic nitrogens is 2. The predicted molar refractivity (Wildman–Crippen MR) is 83.9 cm³/mol. The topological polar surface area (TPSA) is 61.5 Å². The van der Waals surface area contributed by atoms with Crippen LogP contribution >= 0.6 is 0 Å². The maximum absolute atomic E-state index is 12.4. The molecule has 1 aromatic rings. The minimum absolute atomic E-state index is 0.0702. The van der Waals surface area contributed by atoms with Crippen molar-refractivity contribution in [3.63, 3.8) is 0 Å². The molecule has 3 heterocycles. The number of nitrogens with one attached hydrogen (secondary N) is 1. The third kappa shape index (κ3) is 3.67. The van der Waals surface area contributed by atoms with Gasteiger partial charge in [-0.15, -0.1) is 0 Å². The van der Waals surface area contributed by atoms with Crippen molar-refractivity contribution in [3.8, 4) is 0 Å².